The van der Waals surface area contributed by atoms with Crippen molar-refractivity contribution in [3.63, 3.8) is 0 Å². The lowest BCUT2D eigenvalue weighted by atomic mass is 10.0. The van der Waals surface area contributed by atoms with Crippen molar-refractivity contribution in [3.8, 4) is 0 Å². The van der Waals surface area contributed by atoms with Gasteiger partial charge in [-0.25, -0.2) is 4.98 Å². The first-order valence-electron chi connectivity index (χ1n) is 6.62. The Balaban J connectivity index is 2.09. The molecule has 1 aliphatic carbocycles. The van der Waals surface area contributed by atoms with Gasteiger partial charge in [-0.05, 0) is 43.7 Å². The number of aryl methyl sites for hydroxylation is 1. The van der Waals surface area contributed by atoms with Crippen LogP contribution in [0.25, 0.3) is 0 Å². The summed E-state index contributed by atoms with van der Waals surface area (Å²) in [6.07, 6.45) is 6.18. The van der Waals surface area contributed by atoms with Gasteiger partial charge < -0.3 is 11.1 Å². The van der Waals surface area contributed by atoms with Gasteiger partial charge in [-0.2, -0.15) is 4.98 Å². The number of nitrogens with one attached hydrogen (secondary N) is 1. The molecule has 2 atom stereocenters. The van der Waals surface area contributed by atoms with E-state index in [0.717, 1.165) is 11.6 Å². The smallest absolute Gasteiger partial charge is 0.224 e. The van der Waals surface area contributed by atoms with Crippen molar-refractivity contribution in [2.75, 3.05) is 11.1 Å². The quantitative estimate of drug-likeness (QED) is 0.637. The van der Waals surface area contributed by atoms with Crippen LogP contribution in [0.1, 0.15) is 44.7 Å². The number of anilines is 2. The Kier molecular flexibility index (Phi) is 4.27. The molecule has 1 heterocycles. The maximum atomic E-state index is 5.99. The van der Waals surface area contributed by atoms with E-state index in [9.17, 15) is 0 Å². The molecule has 5 heteroatoms. The third-order valence-corrected chi connectivity index (χ3v) is 3.88. The van der Waals surface area contributed by atoms with Gasteiger partial charge in [0.25, 0.3) is 0 Å². The fraction of sp³-hybridized carbons (Fsp3) is 0.692. The first kappa shape index (κ1) is 13.4. The Labute approximate surface area is 113 Å². The summed E-state index contributed by atoms with van der Waals surface area (Å²) in [4.78, 5) is 8.24. The van der Waals surface area contributed by atoms with Crippen molar-refractivity contribution in [2.45, 2.75) is 52.0 Å². The molecule has 0 amide bonds. The van der Waals surface area contributed by atoms with Crippen LogP contribution in [0, 0.1) is 12.8 Å². The molecule has 1 aromatic heterocycles. The first-order chi connectivity index (χ1) is 8.56. The number of hydrogen-bond donors (Lipinski definition) is 2. The molecule has 3 N–H and O–H groups in total. The molecule has 1 aromatic rings. The highest BCUT2D eigenvalue weighted by Crippen LogP contribution is 2.27. The van der Waals surface area contributed by atoms with Gasteiger partial charge in [-0.15, -0.1) is 0 Å². The van der Waals surface area contributed by atoms with E-state index >= 15 is 0 Å². The van der Waals surface area contributed by atoms with Crippen molar-refractivity contribution < 1.29 is 0 Å². The predicted octanol–water partition coefficient (Wildman–Crippen LogP) is 3.40. The van der Waals surface area contributed by atoms with Crippen LogP contribution in [0.2, 0.25) is 5.28 Å². The van der Waals surface area contributed by atoms with E-state index in [1.54, 1.807) is 0 Å². The highest BCUT2D eigenvalue weighted by molar-refractivity contribution is 6.28. The lowest BCUT2D eigenvalue weighted by Crippen LogP contribution is -2.20. The lowest BCUT2D eigenvalue weighted by molar-refractivity contribution is 0.502. The number of halogens is 1. The van der Waals surface area contributed by atoms with Crippen LogP contribution in [0.5, 0.6) is 0 Å². The van der Waals surface area contributed by atoms with E-state index in [2.05, 4.69) is 22.2 Å². The molecule has 4 nitrogen and oxygen atoms in total. The average molecular weight is 269 g/mol. The largest absolute Gasteiger partial charge is 0.394 e. The fourth-order valence-electron chi connectivity index (χ4n) is 2.48. The molecule has 0 aromatic carbocycles. The predicted molar refractivity (Wildman–Crippen MR) is 75.9 cm³/mol. The van der Waals surface area contributed by atoms with E-state index in [0.29, 0.717) is 17.5 Å². The summed E-state index contributed by atoms with van der Waals surface area (Å²) >= 11 is 5.88. The number of aromatic nitrogens is 2. The number of hydrogen-bond acceptors (Lipinski definition) is 4. The second-order valence-electron chi connectivity index (χ2n) is 5.30. The number of rotatable bonds is 2. The molecular formula is C13H21ClN4. The molecule has 2 unspecified atom stereocenters. The fourth-order valence-corrected chi connectivity index (χ4v) is 2.69. The monoisotopic (exact) mass is 268 g/mol. The molecule has 0 spiro atoms. The number of nitrogen functional groups attached to an aromatic ring is 1. The molecule has 100 valence electrons. The Morgan fingerprint density at radius 3 is 2.78 bits per heavy atom. The lowest BCUT2D eigenvalue weighted by Gasteiger charge is -2.18. The van der Waals surface area contributed by atoms with E-state index in [-0.39, 0.29) is 5.28 Å². The minimum Gasteiger partial charge on any atom is -0.394 e. The average Bonchev–Trinajstić information content (AvgIpc) is 2.51. The summed E-state index contributed by atoms with van der Waals surface area (Å²) in [6.45, 7) is 4.17. The van der Waals surface area contributed by atoms with Crippen molar-refractivity contribution in [3.05, 3.63) is 11.0 Å². The van der Waals surface area contributed by atoms with Crippen LogP contribution in [-0.4, -0.2) is 16.0 Å². The zero-order valence-corrected chi connectivity index (χ0v) is 11.8. The van der Waals surface area contributed by atoms with Crippen molar-refractivity contribution >= 4 is 23.1 Å². The molecule has 1 aliphatic rings. The summed E-state index contributed by atoms with van der Waals surface area (Å²) in [6, 6.07) is 0.447. The second-order valence-corrected chi connectivity index (χ2v) is 5.63. The maximum absolute atomic E-state index is 5.99. The molecule has 0 radical (unpaired) electrons. The highest BCUT2D eigenvalue weighted by Gasteiger charge is 2.18. The van der Waals surface area contributed by atoms with Crippen LogP contribution in [0.15, 0.2) is 0 Å². The van der Waals surface area contributed by atoms with Gasteiger partial charge >= 0.3 is 0 Å². The summed E-state index contributed by atoms with van der Waals surface area (Å²) in [5, 5.41) is 3.69. The minimum atomic E-state index is 0.256. The number of nitrogens with two attached hydrogens (primary N) is 1. The van der Waals surface area contributed by atoms with Crippen molar-refractivity contribution in [1.29, 1.82) is 0 Å². The highest BCUT2D eigenvalue weighted by atomic mass is 35.5. The first-order valence-corrected chi connectivity index (χ1v) is 7.00. The standard InChI is InChI=1S/C13H21ClN4/c1-8-4-3-5-10(7-6-8)17-12-11(15)9(2)16-13(14)18-12/h8,10H,3-7,15H2,1-2H3,(H,16,17,18). The van der Waals surface area contributed by atoms with Crippen LogP contribution in [-0.2, 0) is 0 Å². The zero-order valence-electron chi connectivity index (χ0n) is 11.0. The topological polar surface area (TPSA) is 63.8 Å². The van der Waals surface area contributed by atoms with E-state index in [1.165, 1.54) is 32.1 Å². The van der Waals surface area contributed by atoms with Gasteiger partial charge in [0.1, 0.15) is 0 Å². The van der Waals surface area contributed by atoms with Crippen LogP contribution < -0.4 is 11.1 Å². The molecular weight excluding hydrogens is 248 g/mol. The van der Waals surface area contributed by atoms with Crippen molar-refractivity contribution in [1.82, 2.24) is 9.97 Å². The van der Waals surface area contributed by atoms with E-state index < -0.39 is 0 Å². The normalized spacial score (nSPS) is 24.6. The summed E-state index contributed by atoms with van der Waals surface area (Å²) in [7, 11) is 0. The van der Waals surface area contributed by atoms with Gasteiger partial charge in [0.15, 0.2) is 5.82 Å². The van der Waals surface area contributed by atoms with Crippen LogP contribution >= 0.6 is 11.6 Å². The third kappa shape index (κ3) is 3.25. The minimum absolute atomic E-state index is 0.256. The van der Waals surface area contributed by atoms with Gasteiger partial charge in [-0.1, -0.05) is 19.8 Å². The SMILES string of the molecule is Cc1nc(Cl)nc(NC2CCCC(C)CC2)c1N. The third-order valence-electron chi connectivity index (χ3n) is 3.71. The molecule has 2 rings (SSSR count). The van der Waals surface area contributed by atoms with Gasteiger partial charge in [-0.3, -0.25) is 0 Å². The van der Waals surface area contributed by atoms with E-state index in [1.807, 2.05) is 6.92 Å². The number of nitrogens with zero attached hydrogens (tertiary/aromatic N) is 2. The molecule has 0 saturated heterocycles. The Morgan fingerprint density at radius 1 is 1.22 bits per heavy atom. The Hall–Kier alpha value is -1.03. The summed E-state index contributed by atoms with van der Waals surface area (Å²) in [5.74, 6) is 1.51. The molecule has 0 aliphatic heterocycles. The molecule has 18 heavy (non-hydrogen) atoms. The van der Waals surface area contributed by atoms with Gasteiger partial charge in [0.2, 0.25) is 5.28 Å². The summed E-state index contributed by atoms with van der Waals surface area (Å²) < 4.78 is 0. The van der Waals surface area contributed by atoms with Gasteiger partial charge in [0.05, 0.1) is 11.4 Å². The zero-order chi connectivity index (χ0) is 13.1. The molecule has 1 saturated carbocycles. The van der Waals surface area contributed by atoms with Crippen LogP contribution in [0.3, 0.4) is 0 Å². The summed E-state index contributed by atoms with van der Waals surface area (Å²) in [5.41, 5.74) is 7.33. The molecule has 0 bridgehead atoms. The van der Waals surface area contributed by atoms with Gasteiger partial charge in [0, 0.05) is 6.04 Å². The molecule has 1 fully saturated rings. The van der Waals surface area contributed by atoms with Crippen LogP contribution in [0.4, 0.5) is 11.5 Å². The van der Waals surface area contributed by atoms with E-state index in [4.69, 9.17) is 17.3 Å². The Bertz CT molecular complexity index is 422. The van der Waals surface area contributed by atoms with Crippen molar-refractivity contribution in [2.24, 2.45) is 5.92 Å². The Morgan fingerprint density at radius 2 is 2.00 bits per heavy atom. The second kappa shape index (κ2) is 5.74. The maximum Gasteiger partial charge on any atom is 0.224 e.